The van der Waals surface area contributed by atoms with Crippen molar-refractivity contribution in [2.45, 2.75) is 77.1 Å². The second-order valence-corrected chi connectivity index (χ2v) is 12.0. The Morgan fingerprint density at radius 3 is 2.24 bits per heavy atom. The molecule has 2 aliphatic rings. The van der Waals surface area contributed by atoms with Crippen LogP contribution >= 0.6 is 0 Å². The van der Waals surface area contributed by atoms with Gasteiger partial charge in [0.25, 0.3) is 0 Å². The summed E-state index contributed by atoms with van der Waals surface area (Å²) in [6.07, 6.45) is 2.10. The minimum absolute atomic E-state index is 0.112. The Morgan fingerprint density at radius 1 is 0.929 bits per heavy atom. The Labute approximate surface area is 246 Å². The van der Waals surface area contributed by atoms with Crippen molar-refractivity contribution < 1.29 is 28.3 Å². The molecule has 0 aromatic heterocycles. The maximum Gasteiger partial charge on any atom is 0.410 e. The van der Waals surface area contributed by atoms with Gasteiger partial charge >= 0.3 is 6.09 Å². The number of ether oxygens (including phenoxy) is 1. The van der Waals surface area contributed by atoms with Crippen LogP contribution in [-0.2, 0) is 32.1 Å². The summed E-state index contributed by atoms with van der Waals surface area (Å²) in [6, 6.07) is 14.0. The van der Waals surface area contributed by atoms with Gasteiger partial charge in [-0.1, -0.05) is 42.5 Å². The average Bonchev–Trinajstić information content (AvgIpc) is 3.46. The van der Waals surface area contributed by atoms with E-state index in [1.807, 2.05) is 30.3 Å². The zero-order chi connectivity index (χ0) is 30.3. The van der Waals surface area contributed by atoms with Crippen molar-refractivity contribution >= 4 is 23.8 Å². The highest BCUT2D eigenvalue weighted by atomic mass is 19.1. The third-order valence-corrected chi connectivity index (χ3v) is 7.64. The van der Waals surface area contributed by atoms with Gasteiger partial charge in [0.15, 0.2) is 0 Å². The molecular weight excluding hydrogens is 539 g/mol. The summed E-state index contributed by atoms with van der Waals surface area (Å²) in [5.74, 6) is -1.36. The maximum atomic E-state index is 13.3. The molecule has 4 rings (SSSR count). The lowest BCUT2D eigenvalue weighted by atomic mass is 9.94. The topological polar surface area (TPSA) is 108 Å². The van der Waals surface area contributed by atoms with E-state index in [2.05, 4.69) is 10.6 Å². The summed E-state index contributed by atoms with van der Waals surface area (Å²) in [4.78, 5) is 55.7. The molecule has 0 radical (unpaired) electrons. The predicted molar refractivity (Wildman–Crippen MR) is 156 cm³/mol. The predicted octanol–water partition coefficient (Wildman–Crippen LogP) is 3.81. The highest BCUT2D eigenvalue weighted by molar-refractivity contribution is 5.89. The minimum Gasteiger partial charge on any atom is -0.444 e. The first-order valence-electron chi connectivity index (χ1n) is 14.6. The van der Waals surface area contributed by atoms with Crippen molar-refractivity contribution in [2.24, 2.45) is 5.92 Å². The molecule has 0 spiro atoms. The van der Waals surface area contributed by atoms with Gasteiger partial charge in [0, 0.05) is 38.5 Å². The fraction of sp³-hybridized carbons (Fsp3) is 0.500. The van der Waals surface area contributed by atoms with Crippen molar-refractivity contribution in [2.75, 3.05) is 19.6 Å². The summed E-state index contributed by atoms with van der Waals surface area (Å²) < 4.78 is 18.7. The number of nitrogens with zero attached hydrogens (tertiary/aromatic N) is 2. The molecule has 2 heterocycles. The van der Waals surface area contributed by atoms with Crippen molar-refractivity contribution in [1.82, 2.24) is 20.4 Å². The highest BCUT2D eigenvalue weighted by Gasteiger charge is 2.40. The Kier molecular flexibility index (Phi) is 10.2. The van der Waals surface area contributed by atoms with Crippen LogP contribution in [0.25, 0.3) is 0 Å². The van der Waals surface area contributed by atoms with E-state index in [0.717, 1.165) is 17.5 Å². The van der Waals surface area contributed by atoms with Crippen molar-refractivity contribution in [3.05, 3.63) is 71.5 Å². The Hall–Kier alpha value is -3.95. The van der Waals surface area contributed by atoms with E-state index in [9.17, 15) is 23.6 Å². The number of carbonyl (C=O) groups is 4. The number of rotatable bonds is 8. The summed E-state index contributed by atoms with van der Waals surface area (Å²) in [5.41, 5.74) is 1.01. The highest BCUT2D eigenvalue weighted by Crippen LogP contribution is 2.25. The van der Waals surface area contributed by atoms with Gasteiger partial charge in [0.1, 0.15) is 23.5 Å². The molecule has 2 aromatic carbocycles. The molecule has 2 atom stereocenters. The molecule has 2 N–H and O–H groups in total. The fourth-order valence-electron chi connectivity index (χ4n) is 5.40. The van der Waals surface area contributed by atoms with Gasteiger partial charge in [-0.2, -0.15) is 0 Å². The lowest BCUT2D eigenvalue weighted by Crippen LogP contribution is -2.53. The van der Waals surface area contributed by atoms with Crippen molar-refractivity contribution in [3.8, 4) is 0 Å². The average molecular weight is 581 g/mol. The summed E-state index contributed by atoms with van der Waals surface area (Å²) in [6.45, 7) is 6.89. The van der Waals surface area contributed by atoms with Gasteiger partial charge in [0.05, 0.1) is 0 Å². The summed E-state index contributed by atoms with van der Waals surface area (Å²) in [7, 11) is 0. The SMILES string of the molecule is CC(C)(C)OC(=O)N1CCCC1C(=O)N1CCC(C(=O)NC(Cc2ccccc2)C(=O)NCc2ccc(F)cc2)CC1. The molecule has 2 aliphatic heterocycles. The van der Waals surface area contributed by atoms with Crippen LogP contribution in [0.15, 0.2) is 54.6 Å². The molecule has 9 nitrogen and oxygen atoms in total. The van der Waals surface area contributed by atoms with E-state index >= 15 is 0 Å². The molecule has 2 unspecified atom stereocenters. The lowest BCUT2D eigenvalue weighted by Gasteiger charge is -2.35. The van der Waals surface area contributed by atoms with Gasteiger partial charge < -0.3 is 20.3 Å². The first-order chi connectivity index (χ1) is 20.0. The van der Waals surface area contributed by atoms with Crippen LogP contribution < -0.4 is 10.6 Å². The number of hydrogen-bond donors (Lipinski definition) is 2. The molecule has 226 valence electrons. The first-order valence-corrected chi connectivity index (χ1v) is 14.6. The second kappa shape index (κ2) is 13.8. The quantitative estimate of drug-likeness (QED) is 0.494. The zero-order valence-electron chi connectivity index (χ0n) is 24.6. The molecule has 0 aliphatic carbocycles. The van der Waals surface area contributed by atoms with Crippen LogP contribution in [0.2, 0.25) is 0 Å². The van der Waals surface area contributed by atoms with Crippen molar-refractivity contribution in [3.63, 3.8) is 0 Å². The van der Waals surface area contributed by atoms with Gasteiger partial charge in [-0.15, -0.1) is 0 Å². The number of halogens is 1. The van der Waals surface area contributed by atoms with E-state index in [1.165, 1.54) is 17.0 Å². The van der Waals surface area contributed by atoms with Crippen LogP contribution in [0.4, 0.5) is 9.18 Å². The smallest absolute Gasteiger partial charge is 0.410 e. The van der Waals surface area contributed by atoms with E-state index < -0.39 is 23.8 Å². The number of likely N-dealkylation sites (tertiary alicyclic amines) is 2. The van der Waals surface area contributed by atoms with E-state index in [4.69, 9.17) is 4.74 Å². The molecule has 2 aromatic rings. The van der Waals surface area contributed by atoms with E-state index in [-0.39, 0.29) is 36.0 Å². The van der Waals surface area contributed by atoms with Crippen molar-refractivity contribution in [1.29, 1.82) is 0 Å². The molecular formula is C32H41FN4O5. The Morgan fingerprint density at radius 2 is 1.60 bits per heavy atom. The minimum atomic E-state index is -0.791. The van der Waals surface area contributed by atoms with E-state index in [1.54, 1.807) is 37.8 Å². The number of hydrogen-bond acceptors (Lipinski definition) is 5. The van der Waals surface area contributed by atoms with Crippen LogP contribution in [0.3, 0.4) is 0 Å². The molecule has 0 saturated carbocycles. The monoisotopic (exact) mass is 580 g/mol. The van der Waals surface area contributed by atoms with Crippen LogP contribution in [0, 0.1) is 11.7 Å². The Balaban J connectivity index is 1.33. The molecule has 0 bridgehead atoms. The molecule has 2 saturated heterocycles. The third kappa shape index (κ3) is 8.53. The number of carbonyl (C=O) groups excluding carboxylic acids is 4. The second-order valence-electron chi connectivity index (χ2n) is 12.0. The van der Waals surface area contributed by atoms with Crippen LogP contribution in [0.5, 0.6) is 0 Å². The summed E-state index contributed by atoms with van der Waals surface area (Å²) >= 11 is 0. The molecule has 42 heavy (non-hydrogen) atoms. The van der Waals surface area contributed by atoms with E-state index in [0.29, 0.717) is 45.3 Å². The van der Waals surface area contributed by atoms with Gasteiger partial charge in [-0.3, -0.25) is 19.3 Å². The summed E-state index contributed by atoms with van der Waals surface area (Å²) in [5, 5.41) is 5.80. The largest absolute Gasteiger partial charge is 0.444 e. The standard InChI is InChI=1S/C32H41FN4O5/c1-32(2,3)42-31(41)37-17-7-10-27(37)30(40)36-18-15-24(16-19-36)28(38)35-26(20-22-8-5-4-6-9-22)29(39)34-21-23-11-13-25(33)14-12-23/h4-6,8-9,11-14,24,26-27H,7,10,15-21H2,1-3H3,(H,34,39)(H,35,38). The molecule has 10 heteroatoms. The van der Waals surface area contributed by atoms with Gasteiger partial charge in [0.2, 0.25) is 17.7 Å². The molecule has 2 fully saturated rings. The first kappa shape index (κ1) is 31.0. The Bertz CT molecular complexity index is 1240. The maximum absolute atomic E-state index is 13.3. The van der Waals surface area contributed by atoms with Crippen LogP contribution in [-0.4, -0.2) is 70.9 Å². The van der Waals surface area contributed by atoms with Gasteiger partial charge in [-0.05, 0) is 69.7 Å². The number of benzene rings is 2. The molecule has 4 amide bonds. The fourth-order valence-corrected chi connectivity index (χ4v) is 5.40. The zero-order valence-corrected chi connectivity index (χ0v) is 24.6. The third-order valence-electron chi connectivity index (χ3n) is 7.64. The normalized spacial score (nSPS) is 18.3. The van der Waals surface area contributed by atoms with Gasteiger partial charge in [-0.25, -0.2) is 9.18 Å². The number of amides is 4. The number of nitrogens with one attached hydrogen (secondary N) is 2. The number of piperidine rings is 1. The van der Waals surface area contributed by atoms with Crippen LogP contribution in [0.1, 0.15) is 57.6 Å². The lowest BCUT2D eigenvalue weighted by molar-refractivity contribution is -0.139.